The fraction of sp³-hybridized carbons (Fsp3) is 0.143. The Labute approximate surface area is 151 Å². The Morgan fingerprint density at radius 3 is 2.62 bits per heavy atom. The van der Waals surface area contributed by atoms with Gasteiger partial charge in [0.05, 0.1) is 12.7 Å². The molecule has 0 bridgehead atoms. The summed E-state index contributed by atoms with van der Waals surface area (Å²) in [7, 11) is 1.36. The van der Waals surface area contributed by atoms with Gasteiger partial charge >= 0.3 is 5.97 Å². The number of aromatic amines is 1. The molecule has 132 valence electrons. The molecule has 2 aromatic carbocycles. The molecule has 0 amide bonds. The van der Waals surface area contributed by atoms with Crippen LogP contribution in [-0.4, -0.2) is 23.0 Å². The van der Waals surface area contributed by atoms with E-state index < -0.39 is 0 Å². The first-order valence-corrected chi connectivity index (χ1v) is 8.20. The van der Waals surface area contributed by atoms with Crippen LogP contribution in [0, 0.1) is 12.7 Å². The molecule has 0 atom stereocenters. The van der Waals surface area contributed by atoms with Crippen molar-refractivity contribution in [2.24, 2.45) is 0 Å². The van der Waals surface area contributed by atoms with Gasteiger partial charge in [-0.05, 0) is 47.9 Å². The Balaban J connectivity index is 2.00. The highest BCUT2D eigenvalue weighted by molar-refractivity contribution is 5.91. The first-order valence-electron chi connectivity index (χ1n) is 8.20. The molecule has 0 aliphatic rings. The Bertz CT molecular complexity index is 943. The van der Waals surface area contributed by atoms with Crippen LogP contribution in [0.4, 0.5) is 4.39 Å². The maximum Gasteiger partial charge on any atom is 0.337 e. The molecule has 5 heteroatoms. The number of aryl methyl sites for hydroxylation is 1. The van der Waals surface area contributed by atoms with E-state index in [-0.39, 0.29) is 11.8 Å². The molecule has 0 unspecified atom stereocenters. The zero-order chi connectivity index (χ0) is 18.5. The third kappa shape index (κ3) is 4.25. The summed E-state index contributed by atoms with van der Waals surface area (Å²) in [6, 6.07) is 13.5. The van der Waals surface area contributed by atoms with Gasteiger partial charge in [0.15, 0.2) is 0 Å². The number of H-pyrrole nitrogens is 1. The van der Waals surface area contributed by atoms with Crippen LogP contribution in [0.1, 0.15) is 33.0 Å². The molecule has 1 N–H and O–H groups in total. The lowest BCUT2D eigenvalue weighted by Gasteiger charge is -2.08. The van der Waals surface area contributed by atoms with Crippen molar-refractivity contribution in [2.75, 3.05) is 7.11 Å². The third-order valence-corrected chi connectivity index (χ3v) is 3.98. The number of allylic oxidation sites excluding steroid dienone is 1. The highest BCUT2D eigenvalue weighted by Crippen LogP contribution is 2.23. The van der Waals surface area contributed by atoms with E-state index in [9.17, 15) is 9.18 Å². The summed E-state index contributed by atoms with van der Waals surface area (Å²) < 4.78 is 18.1. The van der Waals surface area contributed by atoms with Crippen molar-refractivity contribution in [1.29, 1.82) is 0 Å². The minimum Gasteiger partial charge on any atom is -0.465 e. The molecule has 0 aliphatic heterocycles. The van der Waals surface area contributed by atoms with Crippen LogP contribution in [-0.2, 0) is 11.2 Å². The van der Waals surface area contributed by atoms with Crippen molar-refractivity contribution in [2.45, 2.75) is 13.3 Å². The summed E-state index contributed by atoms with van der Waals surface area (Å²) in [6.07, 6.45) is 4.30. The second-order valence-corrected chi connectivity index (χ2v) is 5.98. The Morgan fingerprint density at radius 1 is 1.19 bits per heavy atom. The van der Waals surface area contributed by atoms with E-state index in [2.05, 4.69) is 9.97 Å². The summed E-state index contributed by atoms with van der Waals surface area (Å²) >= 11 is 0. The van der Waals surface area contributed by atoms with Crippen LogP contribution in [0.25, 0.3) is 11.6 Å². The normalized spacial score (nSPS) is 11.4. The number of carbonyl (C=O) groups excluding carboxylic acids is 1. The molecule has 1 heterocycles. The van der Waals surface area contributed by atoms with E-state index in [1.165, 1.54) is 19.2 Å². The summed E-state index contributed by atoms with van der Waals surface area (Å²) in [5.41, 5.74) is 4.17. The topological polar surface area (TPSA) is 55.0 Å². The first-order chi connectivity index (χ1) is 12.5. The predicted molar refractivity (Wildman–Crippen MR) is 99.1 cm³/mol. The number of aromatic nitrogens is 2. The minimum absolute atomic E-state index is 0.283. The number of halogens is 1. The van der Waals surface area contributed by atoms with Crippen LogP contribution in [0.15, 0.2) is 54.7 Å². The first kappa shape index (κ1) is 17.6. The number of rotatable bonds is 5. The SMILES string of the molecule is COC(=O)c1cccc(C=C(Cc2ncc(C)[nH]2)c2ccc(F)cc2)c1. The maximum absolute atomic E-state index is 13.3. The van der Waals surface area contributed by atoms with E-state index in [1.807, 2.05) is 19.1 Å². The van der Waals surface area contributed by atoms with Crippen molar-refractivity contribution in [3.05, 3.63) is 88.8 Å². The zero-order valence-corrected chi connectivity index (χ0v) is 14.6. The van der Waals surface area contributed by atoms with Gasteiger partial charge in [-0.1, -0.05) is 30.3 Å². The molecular weight excluding hydrogens is 331 g/mol. The molecule has 0 aliphatic carbocycles. The molecule has 3 aromatic rings. The standard InChI is InChI=1S/C21H19FN2O2/c1-14-13-23-20(24-14)12-18(16-6-8-19(22)9-7-16)11-15-4-3-5-17(10-15)21(25)26-2/h3-11,13H,12H2,1-2H3,(H,23,24). The number of hydrogen-bond acceptors (Lipinski definition) is 3. The average molecular weight is 350 g/mol. The lowest BCUT2D eigenvalue weighted by molar-refractivity contribution is 0.0600. The quantitative estimate of drug-likeness (QED) is 0.547. The number of carbonyl (C=O) groups is 1. The average Bonchev–Trinajstić information content (AvgIpc) is 3.06. The summed E-state index contributed by atoms with van der Waals surface area (Å²) in [4.78, 5) is 19.3. The molecule has 0 spiro atoms. The lowest BCUT2D eigenvalue weighted by Crippen LogP contribution is -2.01. The number of ether oxygens (including phenoxy) is 1. The third-order valence-electron chi connectivity index (χ3n) is 3.98. The highest BCUT2D eigenvalue weighted by atomic mass is 19.1. The Morgan fingerprint density at radius 2 is 1.96 bits per heavy atom. The second kappa shape index (κ2) is 7.78. The van der Waals surface area contributed by atoms with Gasteiger partial charge in [0.25, 0.3) is 0 Å². The summed E-state index contributed by atoms with van der Waals surface area (Å²) in [6.45, 7) is 1.94. The number of benzene rings is 2. The van der Waals surface area contributed by atoms with Gasteiger partial charge in [0, 0.05) is 18.3 Å². The largest absolute Gasteiger partial charge is 0.465 e. The molecular formula is C21H19FN2O2. The van der Waals surface area contributed by atoms with Crippen LogP contribution >= 0.6 is 0 Å². The van der Waals surface area contributed by atoms with Gasteiger partial charge in [-0.2, -0.15) is 0 Å². The molecule has 0 radical (unpaired) electrons. The second-order valence-electron chi connectivity index (χ2n) is 5.98. The number of nitrogens with one attached hydrogen (secondary N) is 1. The van der Waals surface area contributed by atoms with Crippen molar-refractivity contribution in [3.63, 3.8) is 0 Å². The summed E-state index contributed by atoms with van der Waals surface area (Å²) in [5.74, 6) is 0.155. The van der Waals surface area contributed by atoms with E-state index in [4.69, 9.17) is 4.74 Å². The molecule has 4 nitrogen and oxygen atoms in total. The van der Waals surface area contributed by atoms with Crippen molar-refractivity contribution in [1.82, 2.24) is 9.97 Å². The molecule has 26 heavy (non-hydrogen) atoms. The highest BCUT2D eigenvalue weighted by Gasteiger charge is 2.09. The van der Waals surface area contributed by atoms with Crippen molar-refractivity contribution < 1.29 is 13.9 Å². The Hall–Kier alpha value is -3.21. The fourth-order valence-corrected chi connectivity index (χ4v) is 2.71. The number of esters is 1. The summed E-state index contributed by atoms with van der Waals surface area (Å²) in [5, 5.41) is 0. The van der Waals surface area contributed by atoms with Gasteiger partial charge in [-0.25, -0.2) is 14.2 Å². The van der Waals surface area contributed by atoms with E-state index in [1.54, 1.807) is 36.5 Å². The van der Waals surface area contributed by atoms with Crippen LogP contribution < -0.4 is 0 Å². The van der Waals surface area contributed by atoms with E-state index >= 15 is 0 Å². The van der Waals surface area contributed by atoms with Crippen LogP contribution in [0.2, 0.25) is 0 Å². The number of nitrogens with zero attached hydrogens (tertiary/aromatic N) is 1. The number of imidazole rings is 1. The van der Waals surface area contributed by atoms with Gasteiger partial charge in [0.2, 0.25) is 0 Å². The zero-order valence-electron chi connectivity index (χ0n) is 14.6. The number of methoxy groups -OCH3 is 1. The fourth-order valence-electron chi connectivity index (χ4n) is 2.71. The van der Waals surface area contributed by atoms with Gasteiger partial charge in [0.1, 0.15) is 11.6 Å². The van der Waals surface area contributed by atoms with E-state index in [0.29, 0.717) is 12.0 Å². The molecule has 0 saturated carbocycles. The monoisotopic (exact) mass is 350 g/mol. The van der Waals surface area contributed by atoms with Gasteiger partial charge in [-0.15, -0.1) is 0 Å². The van der Waals surface area contributed by atoms with Crippen molar-refractivity contribution in [3.8, 4) is 0 Å². The molecule has 0 saturated heterocycles. The van der Waals surface area contributed by atoms with Crippen molar-refractivity contribution >= 4 is 17.6 Å². The number of hydrogen-bond donors (Lipinski definition) is 1. The molecule has 0 fully saturated rings. The van der Waals surface area contributed by atoms with Gasteiger partial charge < -0.3 is 9.72 Å². The minimum atomic E-state index is -0.384. The molecule has 3 rings (SSSR count). The maximum atomic E-state index is 13.3. The van der Waals surface area contributed by atoms with Crippen LogP contribution in [0.3, 0.4) is 0 Å². The van der Waals surface area contributed by atoms with Crippen LogP contribution in [0.5, 0.6) is 0 Å². The molecule has 1 aromatic heterocycles. The Kier molecular flexibility index (Phi) is 5.27. The van der Waals surface area contributed by atoms with E-state index in [0.717, 1.165) is 28.2 Å². The lowest BCUT2D eigenvalue weighted by atomic mass is 9.99. The van der Waals surface area contributed by atoms with Gasteiger partial charge in [-0.3, -0.25) is 0 Å². The predicted octanol–water partition coefficient (Wildman–Crippen LogP) is 4.43. The smallest absolute Gasteiger partial charge is 0.337 e.